The molecule has 0 spiro atoms. The molecule has 1 saturated heterocycles. The second kappa shape index (κ2) is 47.5. The van der Waals surface area contributed by atoms with Crippen LogP contribution in [0, 0.1) is 5.92 Å². The zero-order valence-corrected chi connectivity index (χ0v) is 66.2. The van der Waals surface area contributed by atoms with Gasteiger partial charge in [0.25, 0.3) is 0 Å². The van der Waals surface area contributed by atoms with E-state index in [1.54, 1.807) is 37.4 Å². The Labute approximate surface area is 685 Å². The molecule has 43 nitrogen and oxygen atoms in total. The molecule has 2 heterocycles. The first-order valence-corrected chi connectivity index (χ1v) is 38.0. The summed E-state index contributed by atoms with van der Waals surface area (Å²) in [5.41, 5.74) is 20.3. The molecule has 0 unspecified atom stereocenters. The molecule has 0 saturated carbocycles. The molecule has 0 bridgehead atoms. The molecule has 43 heteroatoms. The summed E-state index contributed by atoms with van der Waals surface area (Å²) in [6.07, 6.45) is -3.41. The fourth-order valence-electron chi connectivity index (χ4n) is 12.2. The van der Waals surface area contributed by atoms with Crippen molar-refractivity contribution in [3.8, 4) is 0 Å². The number of unbranched alkanes of at least 4 members (excludes halogenated alkanes) is 2. The number of anilines is 1. The number of benzene rings is 3. The van der Waals surface area contributed by atoms with Crippen LogP contribution in [0.1, 0.15) is 132 Å². The maximum atomic E-state index is 14.9. The normalized spacial score (nSPS) is 20.9. The number of ether oxygens (including phenoxy) is 1. The predicted molar refractivity (Wildman–Crippen MR) is 421 cm³/mol. The van der Waals surface area contributed by atoms with Crippen LogP contribution in [0.25, 0.3) is 16.5 Å². The van der Waals surface area contributed by atoms with Crippen molar-refractivity contribution in [1.82, 2.24) is 74.1 Å². The number of carboxylic acids is 4. The molecule has 13 atom stereocenters. The Bertz CT molecular complexity index is 4490. The van der Waals surface area contributed by atoms with E-state index < -0.39 is 261 Å². The van der Waals surface area contributed by atoms with Crippen molar-refractivity contribution in [3.05, 3.63) is 107 Å². The molecular formula is C77H101N17O26. The lowest BCUT2D eigenvalue weighted by atomic mass is 9.96. The molecule has 3 aromatic carbocycles. The fraction of sp³-hybridized carbons (Fsp3) is 0.455. The summed E-state index contributed by atoms with van der Waals surface area (Å²) in [7, 11) is 0. The number of nitrogen functional groups attached to an aromatic ring is 1. The summed E-state index contributed by atoms with van der Waals surface area (Å²) in [5.74, 6) is -30.2. The minimum absolute atomic E-state index is 0.0998. The molecule has 1 aliphatic rings. The van der Waals surface area contributed by atoms with Crippen LogP contribution in [0.15, 0.2) is 85.1 Å². The number of aliphatic hydroxyl groups is 1. The summed E-state index contributed by atoms with van der Waals surface area (Å²) < 4.78 is 5.69. The number of Topliss-reactive ketones (excluding diaryl/α,β-unsaturated/α-hetero) is 1. The third-order valence-electron chi connectivity index (χ3n) is 18.7. The lowest BCUT2D eigenvalue weighted by Crippen LogP contribution is -2.62. The smallest absolute Gasteiger partial charge is 0.329 e. The zero-order valence-electron chi connectivity index (χ0n) is 66.2. The third kappa shape index (κ3) is 31.4. The number of primary amides is 1. The number of rotatable bonds is 33. The average molecular weight is 1680 g/mol. The van der Waals surface area contributed by atoms with Crippen LogP contribution in [0.4, 0.5) is 5.69 Å². The topological polar surface area (TPSA) is 702 Å². The number of carbonyl (C=O) groups is 20. The van der Waals surface area contributed by atoms with Gasteiger partial charge in [-0.3, -0.25) is 91.1 Å². The Morgan fingerprint density at radius 3 is 1.73 bits per heavy atom. The Kier molecular flexibility index (Phi) is 38.3. The highest BCUT2D eigenvalue weighted by Crippen LogP contribution is 2.22. The van der Waals surface area contributed by atoms with Crippen molar-refractivity contribution in [1.29, 1.82) is 0 Å². The Hall–Kier alpha value is -13.7. The summed E-state index contributed by atoms with van der Waals surface area (Å²) in [6.45, 7) is 2.75. The minimum Gasteiger partial charge on any atom is -0.481 e. The number of aromatic amines is 1. The summed E-state index contributed by atoms with van der Waals surface area (Å²) >= 11 is 0. The number of fused-ring (bicyclic) bond motifs is 1. The third-order valence-corrected chi connectivity index (χ3v) is 18.7. The SMILES string of the molecule is CCCCCc1ccc(/C(C)=C/C(=O)N[C@@H](Cc2c[nH]c3ccccc23)C(=O)N[C@@H](CC(N)=O)C(=O)N[C@@H](CC(=O)O)C(=O)N[C@@H]2C(=O)NCC(=O)N[C@@H](CCCN)C(=O)N[C@@H](CC(=O)O)C(=O)N[C@H](C)C(=O)N[C@@H](CC(=O)O)C(=O)NCC(=O)N[C@H](CO)C(=O)N[C@@H]([C@H](C)CC(=O)O)C(=O)N[C@@H](CC(=O)c3ccccc3N)C(=O)O[C@@H]2C)cc1. The number of carboxylic acid groups (broad SMARTS) is 4. The first-order valence-electron chi connectivity index (χ1n) is 38.0. The number of amides is 14. The number of aliphatic hydroxyl groups excluding tert-OH is 1. The number of hydrogen-bond donors (Lipinski definition) is 22. The van der Waals surface area contributed by atoms with Gasteiger partial charge in [0, 0.05) is 47.3 Å². The molecule has 25 N–H and O–H groups in total. The maximum absolute atomic E-state index is 14.9. The quantitative estimate of drug-likeness (QED) is 0.00699. The first-order chi connectivity index (χ1) is 56.7. The minimum atomic E-state index is -2.47. The van der Waals surface area contributed by atoms with Gasteiger partial charge >= 0.3 is 29.8 Å². The van der Waals surface area contributed by atoms with Crippen molar-refractivity contribution in [3.63, 3.8) is 0 Å². The van der Waals surface area contributed by atoms with Crippen molar-refractivity contribution < 1.29 is 126 Å². The maximum Gasteiger partial charge on any atom is 0.329 e. The van der Waals surface area contributed by atoms with E-state index in [9.17, 15) is 121 Å². The number of hydrogen-bond acceptors (Lipinski definition) is 24. The van der Waals surface area contributed by atoms with Gasteiger partial charge in [-0.05, 0) is 99.4 Å². The standard InChI is InChI=1S/C77H101N17O26/c1-6-7-8-14-41-20-22-42(23-21-41)37(2)25-58(98)86-49(27-43-33-81-47-18-12-10-15-44(43)47)71(113)89-50(29-57(80)97)72(114)91-53(32-64(107)108)73(115)94-66-40(5)120-77(119)54(28-56(96)45-16-9-11-17-46(45)79)92-76(118)65(38(3)26-61(101)102)93-74(116)55(36-95)87-60(100)34-82-68(110)51(30-62(103)104)88-67(109)39(4)84-70(112)52(31-63(105)106)90-69(111)48(19-13-24-78)85-59(99)35-83-75(66)117/h9-12,15-18,20-23,25,33,38-40,48-55,65-66,81,95H,6-8,13-14,19,24,26-32,34-36,78-79H2,1-5H3,(H2,80,97)(H,82,110)(H,83,117)(H,84,112)(H,85,99)(H,86,98)(H,87,100)(H,88,109)(H,89,113)(H,90,111)(H,91,114)(H,92,118)(H,93,116)(H,94,115)(H,101,102)(H,103,104)(H,105,106)(H,107,108)/b37-25+/t38-,39-,40-,48+,49+,50+,51+,52+,53+,54+,55-,65+,66+/m1/s1. The molecule has 0 radical (unpaired) electrons. The van der Waals surface area contributed by atoms with Gasteiger partial charge in [-0.2, -0.15) is 0 Å². The number of carbonyl (C=O) groups excluding carboxylic acids is 16. The Morgan fingerprint density at radius 2 is 1.13 bits per heavy atom. The number of cyclic esters (lactones) is 1. The Balaban J connectivity index is 1.61. The van der Waals surface area contributed by atoms with Crippen LogP contribution in [-0.2, 0) is 109 Å². The van der Waals surface area contributed by atoms with Gasteiger partial charge in [0.05, 0.1) is 51.8 Å². The highest BCUT2D eigenvalue weighted by Gasteiger charge is 2.41. The van der Waals surface area contributed by atoms with Crippen molar-refractivity contribution in [2.75, 3.05) is 32.0 Å². The van der Waals surface area contributed by atoms with Crippen LogP contribution in [-0.4, -0.2) is 248 Å². The summed E-state index contributed by atoms with van der Waals surface area (Å²) in [4.78, 5) is 278. The number of aliphatic carboxylic acids is 4. The molecule has 120 heavy (non-hydrogen) atoms. The van der Waals surface area contributed by atoms with Gasteiger partial charge in [-0.25, -0.2) is 4.79 Å². The number of H-pyrrole nitrogens is 1. The second-order valence-corrected chi connectivity index (χ2v) is 28.3. The number of para-hydroxylation sites is 2. The molecule has 650 valence electrons. The van der Waals surface area contributed by atoms with E-state index in [1.807, 2.05) is 40.2 Å². The van der Waals surface area contributed by atoms with Gasteiger partial charge in [0.1, 0.15) is 72.6 Å². The lowest BCUT2D eigenvalue weighted by molar-refractivity contribution is -0.156. The van der Waals surface area contributed by atoms with E-state index in [0.717, 1.165) is 52.0 Å². The largest absolute Gasteiger partial charge is 0.481 e. The van der Waals surface area contributed by atoms with E-state index in [1.165, 1.54) is 30.3 Å². The van der Waals surface area contributed by atoms with Crippen molar-refractivity contribution in [2.24, 2.45) is 17.4 Å². The molecule has 5 rings (SSSR count). The first kappa shape index (κ1) is 96.8. The number of aromatic nitrogens is 1. The summed E-state index contributed by atoms with van der Waals surface area (Å²) in [6, 6.07) is -3.37. The van der Waals surface area contributed by atoms with E-state index in [2.05, 4.69) is 65.1 Å². The van der Waals surface area contributed by atoms with Gasteiger partial charge in [0.15, 0.2) is 5.78 Å². The number of nitrogens with two attached hydrogens (primary N) is 3. The van der Waals surface area contributed by atoms with Gasteiger partial charge in [-0.15, -0.1) is 0 Å². The predicted octanol–water partition coefficient (Wildman–Crippen LogP) is -4.93. The molecule has 1 aliphatic heterocycles. The molecule has 0 aliphatic carbocycles. The van der Waals surface area contributed by atoms with Gasteiger partial charge < -0.3 is 122 Å². The second-order valence-electron chi connectivity index (χ2n) is 28.3. The monoisotopic (exact) mass is 1680 g/mol. The number of nitrogens with one attached hydrogen (secondary N) is 14. The molecule has 1 fully saturated rings. The van der Waals surface area contributed by atoms with E-state index in [0.29, 0.717) is 27.6 Å². The van der Waals surface area contributed by atoms with E-state index >= 15 is 0 Å². The van der Waals surface area contributed by atoms with Crippen LogP contribution in [0.5, 0.6) is 0 Å². The number of esters is 1. The highest BCUT2D eigenvalue weighted by molar-refractivity contribution is 6.06. The van der Waals surface area contributed by atoms with E-state index in [4.69, 9.17) is 21.9 Å². The highest BCUT2D eigenvalue weighted by atomic mass is 16.5. The average Bonchev–Trinajstić information content (AvgIpc) is 1.76. The Morgan fingerprint density at radius 1 is 0.575 bits per heavy atom. The van der Waals surface area contributed by atoms with Crippen molar-refractivity contribution >= 4 is 140 Å². The number of aryl methyl sites for hydroxylation is 1. The van der Waals surface area contributed by atoms with Gasteiger partial charge in [0.2, 0.25) is 82.7 Å². The zero-order chi connectivity index (χ0) is 89.2. The van der Waals surface area contributed by atoms with Gasteiger partial charge in [-0.1, -0.05) is 81.3 Å². The fourth-order valence-corrected chi connectivity index (χ4v) is 12.2. The van der Waals surface area contributed by atoms with Crippen LogP contribution < -0.4 is 86.3 Å². The number of ketones is 1. The lowest BCUT2D eigenvalue weighted by Gasteiger charge is -2.30. The molecule has 14 amide bonds. The summed E-state index contributed by atoms with van der Waals surface area (Å²) in [5, 5.41) is 78.7. The molecule has 4 aromatic rings. The van der Waals surface area contributed by atoms with Crippen LogP contribution >= 0.6 is 0 Å². The molecule has 1 aromatic heterocycles. The van der Waals surface area contributed by atoms with E-state index in [-0.39, 0.29) is 30.6 Å². The van der Waals surface area contributed by atoms with Crippen LogP contribution in [0.2, 0.25) is 0 Å². The molecular weight excluding hydrogens is 1580 g/mol. The van der Waals surface area contributed by atoms with Crippen molar-refractivity contribution in [2.45, 2.75) is 191 Å². The van der Waals surface area contributed by atoms with Crippen LogP contribution in [0.3, 0.4) is 0 Å². The number of allylic oxidation sites excluding steroid dienone is 1.